The minimum absolute atomic E-state index is 0.420. The molecule has 0 aliphatic heterocycles. The highest BCUT2D eigenvalue weighted by atomic mass is 19.2. The van der Waals surface area contributed by atoms with Crippen LogP contribution in [0, 0.1) is 11.8 Å². The van der Waals surface area contributed by atoms with Crippen LogP contribution in [0.5, 0.6) is 0 Å². The van der Waals surface area contributed by atoms with E-state index in [2.05, 4.69) is 0 Å². The maximum absolute atomic E-state index is 12.7. The molecular weight excluding hydrogens is 129 g/mol. The molecule has 0 aliphatic rings. The van der Waals surface area contributed by atoms with E-state index in [1.165, 1.54) is 0 Å². The summed E-state index contributed by atoms with van der Waals surface area (Å²) in [7, 11) is 0. The van der Waals surface area contributed by atoms with Gasteiger partial charge in [0.2, 0.25) is 0 Å². The summed E-state index contributed by atoms with van der Waals surface area (Å²) in [5.74, 6) is 0.840. The molecule has 62 valence electrons. The first-order valence-corrected chi connectivity index (χ1v) is 3.93. The number of nitrogens with zero attached hydrogens (tertiary/aromatic N) is 1. The fourth-order valence-corrected chi connectivity index (χ4v) is 0.867. The van der Waals surface area contributed by atoms with E-state index in [1.807, 2.05) is 27.7 Å². The molecule has 0 heterocycles. The fraction of sp³-hybridized carbons (Fsp3) is 1.00. The Hall–Kier alpha value is -0.110. The van der Waals surface area contributed by atoms with Gasteiger partial charge in [-0.1, -0.05) is 27.7 Å². The second-order valence-electron chi connectivity index (χ2n) is 3.62. The van der Waals surface area contributed by atoms with Crippen molar-refractivity contribution in [3.63, 3.8) is 0 Å². The molecule has 2 heteroatoms. The maximum atomic E-state index is 12.7. The third-order valence-corrected chi connectivity index (χ3v) is 1.13. The average molecular weight is 147 g/mol. The van der Waals surface area contributed by atoms with Crippen LogP contribution in [-0.2, 0) is 0 Å². The van der Waals surface area contributed by atoms with E-state index in [-0.39, 0.29) is 0 Å². The summed E-state index contributed by atoms with van der Waals surface area (Å²) in [6.07, 6.45) is 0. The highest BCUT2D eigenvalue weighted by Gasteiger charge is 2.06. The first-order valence-electron chi connectivity index (χ1n) is 3.93. The monoisotopic (exact) mass is 147 g/mol. The molecule has 0 fully saturated rings. The molecule has 0 unspecified atom stereocenters. The van der Waals surface area contributed by atoms with Crippen LogP contribution in [0.1, 0.15) is 27.7 Å². The molecule has 0 aliphatic carbocycles. The van der Waals surface area contributed by atoms with Crippen LogP contribution in [0.15, 0.2) is 0 Å². The first kappa shape index (κ1) is 9.89. The van der Waals surface area contributed by atoms with Gasteiger partial charge in [0.05, 0.1) is 0 Å². The van der Waals surface area contributed by atoms with E-state index in [4.69, 9.17) is 0 Å². The van der Waals surface area contributed by atoms with E-state index < -0.39 is 0 Å². The van der Waals surface area contributed by atoms with Crippen molar-refractivity contribution in [3.8, 4) is 0 Å². The molecular formula is C8H18FN. The van der Waals surface area contributed by atoms with Crippen molar-refractivity contribution >= 4 is 0 Å². The molecule has 0 radical (unpaired) electrons. The summed E-state index contributed by atoms with van der Waals surface area (Å²) < 4.78 is 12.7. The summed E-state index contributed by atoms with van der Waals surface area (Å²) in [4.78, 5) is 0. The molecule has 0 amide bonds. The summed E-state index contributed by atoms with van der Waals surface area (Å²) >= 11 is 0. The van der Waals surface area contributed by atoms with Crippen LogP contribution in [0.25, 0.3) is 0 Å². The number of hydrogen-bond acceptors (Lipinski definition) is 1. The Balaban J connectivity index is 3.34. The normalized spacial score (nSPS) is 12.0. The molecule has 10 heavy (non-hydrogen) atoms. The van der Waals surface area contributed by atoms with Crippen molar-refractivity contribution in [1.82, 2.24) is 5.12 Å². The molecule has 0 aromatic heterocycles. The molecule has 0 atom stereocenters. The largest absolute Gasteiger partial charge is 0.146 e. The van der Waals surface area contributed by atoms with Crippen LogP contribution < -0.4 is 0 Å². The smallest absolute Gasteiger partial charge is 0.0313 e. The second kappa shape index (κ2) is 4.67. The maximum Gasteiger partial charge on any atom is 0.0313 e. The zero-order valence-electron chi connectivity index (χ0n) is 7.39. The average Bonchev–Trinajstić information content (AvgIpc) is 1.58. The van der Waals surface area contributed by atoms with Crippen molar-refractivity contribution < 1.29 is 4.48 Å². The van der Waals surface area contributed by atoms with Crippen molar-refractivity contribution in [1.29, 1.82) is 0 Å². The number of rotatable bonds is 4. The third kappa shape index (κ3) is 6.02. The van der Waals surface area contributed by atoms with Gasteiger partial charge in [-0.25, -0.2) is 0 Å². The van der Waals surface area contributed by atoms with Crippen molar-refractivity contribution in [2.75, 3.05) is 13.1 Å². The predicted molar refractivity (Wildman–Crippen MR) is 42.4 cm³/mol. The molecule has 0 bridgehead atoms. The SMILES string of the molecule is CC(C)CN(F)CC(C)C. The minimum atomic E-state index is 0.420. The van der Waals surface area contributed by atoms with E-state index in [9.17, 15) is 4.48 Å². The van der Waals surface area contributed by atoms with Crippen molar-refractivity contribution in [2.45, 2.75) is 27.7 Å². The predicted octanol–water partition coefficient (Wildman–Crippen LogP) is 2.48. The zero-order valence-corrected chi connectivity index (χ0v) is 7.39. The van der Waals surface area contributed by atoms with Gasteiger partial charge in [-0.05, 0) is 11.8 Å². The molecule has 0 N–H and O–H groups in total. The van der Waals surface area contributed by atoms with Gasteiger partial charge < -0.3 is 0 Å². The van der Waals surface area contributed by atoms with Crippen LogP contribution in [0.4, 0.5) is 4.48 Å². The van der Waals surface area contributed by atoms with Gasteiger partial charge in [-0.3, -0.25) is 0 Å². The third-order valence-electron chi connectivity index (χ3n) is 1.13. The van der Waals surface area contributed by atoms with Gasteiger partial charge in [-0.15, -0.1) is 9.60 Å². The topological polar surface area (TPSA) is 3.24 Å². The molecule has 0 saturated carbocycles. The van der Waals surface area contributed by atoms with E-state index >= 15 is 0 Å². The van der Waals surface area contributed by atoms with Gasteiger partial charge in [0.25, 0.3) is 0 Å². The Morgan fingerprint density at radius 1 is 1.00 bits per heavy atom. The molecule has 0 aromatic carbocycles. The second-order valence-corrected chi connectivity index (χ2v) is 3.62. The quantitative estimate of drug-likeness (QED) is 0.552. The Morgan fingerprint density at radius 2 is 1.30 bits per heavy atom. The lowest BCUT2D eigenvalue weighted by molar-refractivity contribution is 0.00197. The molecule has 0 rings (SSSR count). The highest BCUT2D eigenvalue weighted by Crippen LogP contribution is 2.02. The standard InChI is InChI=1S/C8H18FN/c1-7(2)5-10(9)6-8(3)4/h7-8H,5-6H2,1-4H3. The highest BCUT2D eigenvalue weighted by molar-refractivity contribution is 4.52. The van der Waals surface area contributed by atoms with Gasteiger partial charge in [0, 0.05) is 13.1 Å². The minimum Gasteiger partial charge on any atom is -0.146 e. The Kier molecular flexibility index (Phi) is 4.62. The van der Waals surface area contributed by atoms with E-state index in [0.717, 1.165) is 5.12 Å². The number of hydrogen-bond donors (Lipinski definition) is 0. The van der Waals surface area contributed by atoms with Gasteiger partial charge in [-0.2, -0.15) is 0 Å². The van der Waals surface area contributed by atoms with Crippen LogP contribution >= 0.6 is 0 Å². The molecule has 0 saturated heterocycles. The molecule has 0 aromatic rings. The number of halogens is 1. The van der Waals surface area contributed by atoms with Crippen LogP contribution in [-0.4, -0.2) is 18.2 Å². The first-order chi connectivity index (χ1) is 4.52. The Bertz CT molecular complexity index is 71.3. The zero-order chi connectivity index (χ0) is 8.15. The lowest BCUT2D eigenvalue weighted by Crippen LogP contribution is -2.23. The van der Waals surface area contributed by atoms with Crippen molar-refractivity contribution in [2.24, 2.45) is 11.8 Å². The summed E-state index contributed by atoms with van der Waals surface area (Å²) in [5, 5.41) is 0.898. The summed E-state index contributed by atoms with van der Waals surface area (Å²) in [5.41, 5.74) is 0. The lowest BCUT2D eigenvalue weighted by Gasteiger charge is -2.15. The van der Waals surface area contributed by atoms with Crippen molar-refractivity contribution in [3.05, 3.63) is 0 Å². The fourth-order valence-electron chi connectivity index (χ4n) is 0.867. The Labute approximate surface area is 63.2 Å². The van der Waals surface area contributed by atoms with Crippen LogP contribution in [0.2, 0.25) is 0 Å². The molecule has 1 nitrogen and oxygen atoms in total. The molecule has 0 spiro atoms. The van der Waals surface area contributed by atoms with Crippen LogP contribution in [0.3, 0.4) is 0 Å². The Morgan fingerprint density at radius 3 is 1.50 bits per heavy atom. The van der Waals surface area contributed by atoms with E-state index in [0.29, 0.717) is 24.9 Å². The summed E-state index contributed by atoms with van der Waals surface area (Å²) in [6, 6.07) is 0. The van der Waals surface area contributed by atoms with Gasteiger partial charge in [0.1, 0.15) is 0 Å². The summed E-state index contributed by atoms with van der Waals surface area (Å²) in [6.45, 7) is 9.19. The van der Waals surface area contributed by atoms with Gasteiger partial charge >= 0.3 is 0 Å². The van der Waals surface area contributed by atoms with E-state index in [1.54, 1.807) is 0 Å². The lowest BCUT2D eigenvalue weighted by atomic mass is 10.2. The van der Waals surface area contributed by atoms with Gasteiger partial charge in [0.15, 0.2) is 0 Å².